The van der Waals surface area contributed by atoms with Gasteiger partial charge < -0.3 is 14.5 Å². The minimum atomic E-state index is -0.131. The molecule has 27 heavy (non-hydrogen) atoms. The lowest BCUT2D eigenvalue weighted by Gasteiger charge is -2.11. The van der Waals surface area contributed by atoms with Crippen LogP contribution >= 0.6 is 27.7 Å². The Bertz CT molecular complexity index is 957. The summed E-state index contributed by atoms with van der Waals surface area (Å²) >= 11 is 4.68. The minimum Gasteiger partial charge on any atom is -0.497 e. The molecule has 0 fully saturated rings. The van der Waals surface area contributed by atoms with Gasteiger partial charge in [0, 0.05) is 15.7 Å². The molecule has 1 N–H and O–H groups in total. The van der Waals surface area contributed by atoms with Gasteiger partial charge in [-0.15, -0.1) is 10.2 Å². The van der Waals surface area contributed by atoms with Gasteiger partial charge in [0.05, 0.1) is 12.9 Å². The first-order valence-corrected chi connectivity index (χ1v) is 9.92. The standard InChI is InChI=1S/C19H18BrN3O3S/c1-11-12(2)16(9-8-15(11)20)21-17(24)10-27-19-23-22-18(26-19)13-4-6-14(25-3)7-5-13/h4-9H,10H2,1-3H3,(H,21,24). The minimum absolute atomic E-state index is 0.131. The molecular weight excluding hydrogens is 430 g/mol. The number of rotatable bonds is 6. The molecule has 0 unspecified atom stereocenters. The number of hydrogen-bond acceptors (Lipinski definition) is 6. The van der Waals surface area contributed by atoms with Crippen molar-refractivity contribution in [3.63, 3.8) is 0 Å². The van der Waals surface area contributed by atoms with Crippen molar-refractivity contribution in [1.29, 1.82) is 0 Å². The second-order valence-electron chi connectivity index (χ2n) is 5.78. The third kappa shape index (κ3) is 4.70. The van der Waals surface area contributed by atoms with Gasteiger partial charge >= 0.3 is 0 Å². The average molecular weight is 448 g/mol. The van der Waals surface area contributed by atoms with Gasteiger partial charge in [0.15, 0.2) is 0 Å². The summed E-state index contributed by atoms with van der Waals surface area (Å²) in [5.41, 5.74) is 3.72. The Morgan fingerprint density at radius 3 is 2.59 bits per heavy atom. The number of thioether (sulfide) groups is 1. The number of anilines is 1. The number of carbonyl (C=O) groups excluding carboxylic acids is 1. The van der Waals surface area contributed by atoms with E-state index in [4.69, 9.17) is 9.15 Å². The van der Waals surface area contributed by atoms with Crippen LogP contribution in [-0.2, 0) is 4.79 Å². The van der Waals surface area contributed by atoms with Crippen LogP contribution in [-0.4, -0.2) is 29.0 Å². The van der Waals surface area contributed by atoms with E-state index in [2.05, 4.69) is 31.4 Å². The van der Waals surface area contributed by atoms with Crippen LogP contribution in [0.2, 0.25) is 0 Å². The van der Waals surface area contributed by atoms with Crippen molar-refractivity contribution < 1.29 is 13.9 Å². The number of amides is 1. The summed E-state index contributed by atoms with van der Waals surface area (Å²) < 4.78 is 11.8. The van der Waals surface area contributed by atoms with Crippen molar-refractivity contribution in [2.24, 2.45) is 0 Å². The highest BCUT2D eigenvalue weighted by Crippen LogP contribution is 2.27. The van der Waals surface area contributed by atoms with Crippen LogP contribution in [0.3, 0.4) is 0 Å². The summed E-state index contributed by atoms with van der Waals surface area (Å²) in [5.74, 6) is 1.20. The number of ether oxygens (including phenoxy) is 1. The predicted molar refractivity (Wildman–Crippen MR) is 109 cm³/mol. The molecule has 1 amide bonds. The Morgan fingerprint density at radius 2 is 1.89 bits per heavy atom. The quantitative estimate of drug-likeness (QED) is 0.543. The summed E-state index contributed by atoms with van der Waals surface area (Å²) in [6, 6.07) is 11.1. The maximum Gasteiger partial charge on any atom is 0.277 e. The molecule has 0 aliphatic carbocycles. The van der Waals surface area contributed by atoms with E-state index in [0.29, 0.717) is 11.1 Å². The predicted octanol–water partition coefficient (Wildman–Crippen LogP) is 4.86. The Morgan fingerprint density at radius 1 is 1.15 bits per heavy atom. The third-order valence-electron chi connectivity index (χ3n) is 4.07. The highest BCUT2D eigenvalue weighted by atomic mass is 79.9. The first kappa shape index (κ1) is 19.4. The maximum atomic E-state index is 12.2. The van der Waals surface area contributed by atoms with Crippen molar-refractivity contribution >= 4 is 39.3 Å². The molecule has 6 nitrogen and oxygen atoms in total. The lowest BCUT2D eigenvalue weighted by molar-refractivity contribution is -0.113. The summed E-state index contributed by atoms with van der Waals surface area (Å²) in [5, 5.41) is 11.3. The number of aromatic nitrogens is 2. The number of nitrogens with one attached hydrogen (secondary N) is 1. The smallest absolute Gasteiger partial charge is 0.277 e. The lowest BCUT2D eigenvalue weighted by atomic mass is 10.1. The molecule has 1 heterocycles. The number of methoxy groups -OCH3 is 1. The summed E-state index contributed by atoms with van der Waals surface area (Å²) in [6.45, 7) is 3.98. The van der Waals surface area contributed by atoms with Gasteiger partial charge in [-0.1, -0.05) is 27.7 Å². The van der Waals surface area contributed by atoms with Crippen LogP contribution in [0.5, 0.6) is 5.75 Å². The zero-order valence-corrected chi connectivity index (χ0v) is 17.5. The second kappa shape index (κ2) is 8.58. The van der Waals surface area contributed by atoms with Crippen LogP contribution in [0.15, 0.2) is 50.5 Å². The molecule has 0 aliphatic rings. The van der Waals surface area contributed by atoms with Gasteiger partial charge in [0.2, 0.25) is 11.8 Å². The Hall–Kier alpha value is -2.32. The fourth-order valence-electron chi connectivity index (χ4n) is 2.35. The van der Waals surface area contributed by atoms with Crippen molar-refractivity contribution in [2.75, 3.05) is 18.2 Å². The fraction of sp³-hybridized carbons (Fsp3) is 0.211. The summed E-state index contributed by atoms with van der Waals surface area (Å²) in [7, 11) is 1.61. The molecule has 2 aromatic carbocycles. The maximum absolute atomic E-state index is 12.2. The topological polar surface area (TPSA) is 77.2 Å². The molecule has 1 aromatic heterocycles. The molecule has 0 atom stereocenters. The SMILES string of the molecule is COc1ccc(-c2nnc(SCC(=O)Nc3ccc(Br)c(C)c3C)o2)cc1. The molecule has 3 rings (SSSR count). The number of halogens is 1. The fourth-order valence-corrected chi connectivity index (χ4v) is 3.35. The van der Waals surface area contributed by atoms with E-state index in [1.807, 2.05) is 50.2 Å². The molecule has 0 saturated carbocycles. The molecule has 0 aliphatic heterocycles. The zero-order chi connectivity index (χ0) is 19.4. The first-order valence-electron chi connectivity index (χ1n) is 8.14. The van der Waals surface area contributed by atoms with E-state index < -0.39 is 0 Å². The Kier molecular flexibility index (Phi) is 6.18. The average Bonchev–Trinajstić information content (AvgIpc) is 3.16. The number of hydrogen-bond donors (Lipinski definition) is 1. The van der Waals surface area contributed by atoms with E-state index in [1.54, 1.807) is 7.11 Å². The van der Waals surface area contributed by atoms with Crippen LogP contribution in [0.1, 0.15) is 11.1 Å². The highest BCUT2D eigenvalue weighted by Gasteiger charge is 2.13. The molecular formula is C19H18BrN3O3S. The Balaban J connectivity index is 1.59. The van der Waals surface area contributed by atoms with Gasteiger partial charge in [0.1, 0.15) is 5.75 Å². The van der Waals surface area contributed by atoms with Crippen LogP contribution in [0.4, 0.5) is 5.69 Å². The van der Waals surface area contributed by atoms with Crippen molar-refractivity contribution in [3.05, 3.63) is 52.0 Å². The number of nitrogens with zero attached hydrogens (tertiary/aromatic N) is 2. The van der Waals surface area contributed by atoms with Crippen LogP contribution in [0.25, 0.3) is 11.5 Å². The van der Waals surface area contributed by atoms with E-state index in [9.17, 15) is 4.79 Å². The monoisotopic (exact) mass is 447 g/mol. The Labute approximate surface area is 169 Å². The summed E-state index contributed by atoms with van der Waals surface area (Å²) in [6.07, 6.45) is 0. The lowest BCUT2D eigenvalue weighted by Crippen LogP contribution is -2.15. The molecule has 140 valence electrons. The molecule has 3 aromatic rings. The van der Waals surface area contributed by atoms with Crippen LogP contribution in [0, 0.1) is 13.8 Å². The van der Waals surface area contributed by atoms with Gasteiger partial charge in [-0.3, -0.25) is 4.79 Å². The molecule has 8 heteroatoms. The van der Waals surface area contributed by atoms with Crippen molar-refractivity contribution in [2.45, 2.75) is 19.1 Å². The molecule has 0 radical (unpaired) electrons. The number of benzene rings is 2. The number of carbonyl (C=O) groups is 1. The summed E-state index contributed by atoms with van der Waals surface area (Å²) in [4.78, 5) is 12.2. The van der Waals surface area contributed by atoms with Gasteiger partial charge in [-0.2, -0.15) is 0 Å². The van der Waals surface area contributed by atoms with E-state index >= 15 is 0 Å². The van der Waals surface area contributed by atoms with Crippen LogP contribution < -0.4 is 10.1 Å². The molecule has 0 saturated heterocycles. The van der Waals surface area contributed by atoms with Crippen molar-refractivity contribution in [1.82, 2.24) is 10.2 Å². The second-order valence-corrected chi connectivity index (χ2v) is 7.56. The highest BCUT2D eigenvalue weighted by molar-refractivity contribution is 9.10. The zero-order valence-electron chi connectivity index (χ0n) is 15.1. The first-order chi connectivity index (χ1) is 13.0. The van der Waals surface area contributed by atoms with Gasteiger partial charge in [0.25, 0.3) is 5.22 Å². The third-order valence-corrected chi connectivity index (χ3v) is 5.74. The molecule has 0 spiro atoms. The normalized spacial score (nSPS) is 10.7. The van der Waals surface area contributed by atoms with E-state index in [1.165, 1.54) is 11.8 Å². The van der Waals surface area contributed by atoms with Gasteiger partial charge in [-0.25, -0.2) is 0 Å². The van der Waals surface area contributed by atoms with E-state index in [0.717, 1.165) is 32.6 Å². The molecule has 0 bridgehead atoms. The largest absolute Gasteiger partial charge is 0.497 e. The van der Waals surface area contributed by atoms with Gasteiger partial charge in [-0.05, 0) is 61.4 Å². The van der Waals surface area contributed by atoms with Crippen molar-refractivity contribution in [3.8, 4) is 17.2 Å². The van der Waals surface area contributed by atoms with E-state index in [-0.39, 0.29) is 11.7 Å².